The number of carboxylic acids is 1. The van der Waals surface area contributed by atoms with Gasteiger partial charge in [0.25, 0.3) is 0 Å². The number of likely N-dealkylation sites (tertiary alicyclic amines) is 1. The van der Waals surface area contributed by atoms with Crippen LogP contribution in [-0.4, -0.2) is 71.4 Å². The average molecular weight is 568 g/mol. The number of methoxy groups -OCH3 is 1. The van der Waals surface area contributed by atoms with Crippen LogP contribution >= 0.6 is 0 Å². The molecule has 4 atom stereocenters. The van der Waals surface area contributed by atoms with Gasteiger partial charge in [-0.05, 0) is 55.7 Å². The molecular formula is C31H45N5O5. The average Bonchev–Trinajstić information content (AvgIpc) is 3.22. The van der Waals surface area contributed by atoms with Crippen LogP contribution in [-0.2, 0) is 16.1 Å². The number of ether oxygens (including phenoxy) is 2. The van der Waals surface area contributed by atoms with Crippen molar-refractivity contribution in [2.75, 3.05) is 26.1 Å². The van der Waals surface area contributed by atoms with Gasteiger partial charge >= 0.3 is 12.1 Å². The zero-order valence-electron chi connectivity index (χ0n) is 25.5. The van der Waals surface area contributed by atoms with Crippen molar-refractivity contribution in [2.45, 2.75) is 90.6 Å². The van der Waals surface area contributed by atoms with Gasteiger partial charge < -0.3 is 24.8 Å². The number of rotatable bonds is 9. The van der Waals surface area contributed by atoms with Crippen LogP contribution in [0.3, 0.4) is 0 Å². The second kappa shape index (κ2) is 12.2. The van der Waals surface area contributed by atoms with Crippen LogP contribution in [0.4, 0.5) is 10.6 Å². The largest absolute Gasteiger partial charge is 0.481 e. The molecule has 2 aromatic rings. The zero-order valence-corrected chi connectivity index (χ0v) is 25.5. The normalized spacial score (nSPS) is 22.9. The zero-order chi connectivity index (χ0) is 30.1. The van der Waals surface area contributed by atoms with E-state index >= 15 is 0 Å². The minimum Gasteiger partial charge on any atom is -0.481 e. The van der Waals surface area contributed by atoms with E-state index in [0.29, 0.717) is 24.2 Å². The summed E-state index contributed by atoms with van der Waals surface area (Å²) in [6.07, 6.45) is 6.05. The molecule has 4 rings (SSSR count). The van der Waals surface area contributed by atoms with E-state index in [0.717, 1.165) is 24.0 Å². The van der Waals surface area contributed by atoms with E-state index in [4.69, 9.17) is 9.47 Å². The van der Waals surface area contributed by atoms with Crippen molar-refractivity contribution >= 4 is 17.9 Å². The fraction of sp³-hybridized carbons (Fsp3) is 0.613. The number of aromatic nitrogens is 2. The summed E-state index contributed by atoms with van der Waals surface area (Å²) in [5, 5.41) is 14.3. The highest BCUT2D eigenvalue weighted by molar-refractivity contribution is 5.82. The second-order valence-corrected chi connectivity index (χ2v) is 12.7. The summed E-state index contributed by atoms with van der Waals surface area (Å²) < 4.78 is 11.3. The number of aliphatic carboxylic acids is 1. The van der Waals surface area contributed by atoms with Crippen molar-refractivity contribution in [1.29, 1.82) is 0 Å². The molecule has 1 saturated carbocycles. The Morgan fingerprint density at radius 1 is 1.22 bits per heavy atom. The summed E-state index contributed by atoms with van der Waals surface area (Å²) in [5.74, 6) is 0.166. The third-order valence-corrected chi connectivity index (χ3v) is 8.27. The molecule has 1 amide bonds. The number of carbonyl (C=O) groups is 2. The molecule has 224 valence electrons. The number of carbonyl (C=O) groups excluding carboxylic acids is 1. The van der Waals surface area contributed by atoms with Crippen LogP contribution in [0, 0.1) is 11.3 Å². The lowest BCUT2D eigenvalue weighted by molar-refractivity contribution is -0.144. The molecular weight excluding hydrogens is 522 g/mol. The summed E-state index contributed by atoms with van der Waals surface area (Å²) in [4.78, 5) is 39.2. The Morgan fingerprint density at radius 2 is 1.93 bits per heavy atom. The van der Waals surface area contributed by atoms with Gasteiger partial charge in [0.1, 0.15) is 11.9 Å². The molecule has 2 N–H and O–H groups in total. The Balaban J connectivity index is 1.85. The van der Waals surface area contributed by atoms with Gasteiger partial charge in [0.15, 0.2) is 0 Å². The van der Waals surface area contributed by atoms with Gasteiger partial charge in [-0.1, -0.05) is 33.3 Å². The Morgan fingerprint density at radius 3 is 2.46 bits per heavy atom. The first-order valence-corrected chi connectivity index (χ1v) is 14.4. The van der Waals surface area contributed by atoms with Gasteiger partial charge in [-0.25, -0.2) is 19.6 Å². The molecule has 0 radical (unpaired) electrons. The fourth-order valence-corrected chi connectivity index (χ4v) is 6.30. The highest BCUT2D eigenvalue weighted by atomic mass is 16.6. The first-order chi connectivity index (χ1) is 19.3. The van der Waals surface area contributed by atoms with Crippen LogP contribution < -0.4 is 15.0 Å². The Bertz CT molecular complexity index is 1240. The maximum absolute atomic E-state index is 13.7. The molecule has 1 aliphatic carbocycles. The highest BCUT2D eigenvalue weighted by Gasteiger charge is 2.59. The number of anilines is 1. The minimum absolute atomic E-state index is 0.390. The monoisotopic (exact) mass is 567 g/mol. The third kappa shape index (κ3) is 6.27. The molecule has 2 aromatic heterocycles. The maximum Gasteiger partial charge on any atom is 0.411 e. The van der Waals surface area contributed by atoms with Crippen molar-refractivity contribution in [3.05, 3.63) is 47.3 Å². The summed E-state index contributed by atoms with van der Waals surface area (Å²) >= 11 is 0. The number of nitrogens with zero attached hydrogens (tertiary/aromatic N) is 4. The number of hydrogen-bond donors (Lipinski definition) is 2. The predicted octanol–water partition coefficient (Wildman–Crippen LogP) is 4.99. The number of nitrogens with one attached hydrogen (secondary N) is 1. The topological polar surface area (TPSA) is 117 Å². The van der Waals surface area contributed by atoms with E-state index < -0.39 is 47.6 Å². The molecule has 41 heavy (non-hydrogen) atoms. The second-order valence-electron chi connectivity index (χ2n) is 12.7. The lowest BCUT2D eigenvalue weighted by atomic mass is 9.72. The van der Waals surface area contributed by atoms with Crippen LogP contribution in [0.2, 0.25) is 0 Å². The SMILES string of the molecule is COc1ncc(C2CCC2)cc1CN[C@H]1[C@H](C(C)(C)C)[C@@H](C(=O)O)N(C(=O)OC(C)C)[C@H]1c1cccnc1N(C)C. The smallest absolute Gasteiger partial charge is 0.411 e. The van der Waals surface area contributed by atoms with E-state index in [1.807, 2.05) is 58.1 Å². The molecule has 2 aliphatic rings. The van der Waals surface area contributed by atoms with Crippen molar-refractivity contribution in [2.24, 2.45) is 11.3 Å². The molecule has 1 aliphatic heterocycles. The maximum atomic E-state index is 13.7. The molecule has 10 heteroatoms. The van der Waals surface area contributed by atoms with E-state index in [9.17, 15) is 14.7 Å². The van der Waals surface area contributed by atoms with Crippen molar-refractivity contribution in [3.8, 4) is 5.88 Å². The molecule has 1 saturated heterocycles. The molecule has 0 bridgehead atoms. The minimum atomic E-state index is -1.12. The first-order valence-electron chi connectivity index (χ1n) is 14.4. The van der Waals surface area contributed by atoms with E-state index in [1.165, 1.54) is 16.9 Å². The standard InChI is InChI=1S/C31H45N5O5/c1-18(2)41-30(39)36-25(22-13-10-14-32-27(22)35(6)7)24(23(31(3,4)5)26(36)29(37)38)33-17-21-15-20(19-11-9-12-19)16-34-28(21)40-8/h10,13-16,18-19,23-26,33H,9,11-12,17H2,1-8H3,(H,37,38)/t23-,24-,25-,26-/m0/s1. The predicted molar refractivity (Wildman–Crippen MR) is 157 cm³/mol. The summed E-state index contributed by atoms with van der Waals surface area (Å²) in [5.41, 5.74) is 2.36. The van der Waals surface area contributed by atoms with Gasteiger partial charge in [-0.2, -0.15) is 0 Å². The molecule has 3 heterocycles. The van der Waals surface area contributed by atoms with Gasteiger partial charge in [0.05, 0.1) is 19.3 Å². The van der Waals surface area contributed by atoms with E-state index in [-0.39, 0.29) is 0 Å². The van der Waals surface area contributed by atoms with E-state index in [1.54, 1.807) is 27.2 Å². The first kappa shape index (κ1) is 30.6. The van der Waals surface area contributed by atoms with Crippen LogP contribution in [0.15, 0.2) is 30.6 Å². The number of pyridine rings is 2. The Hall–Kier alpha value is -3.40. The number of carboxylic acid groups (broad SMARTS) is 1. The van der Waals surface area contributed by atoms with Gasteiger partial charge in [0.2, 0.25) is 5.88 Å². The molecule has 10 nitrogen and oxygen atoms in total. The van der Waals surface area contributed by atoms with Crippen molar-refractivity contribution < 1.29 is 24.2 Å². The lowest BCUT2D eigenvalue weighted by Gasteiger charge is -2.35. The number of amides is 1. The lowest BCUT2D eigenvalue weighted by Crippen LogP contribution is -2.48. The van der Waals surface area contributed by atoms with Gasteiger partial charge in [0, 0.05) is 56.1 Å². The Labute approximate surface area is 243 Å². The molecule has 0 unspecified atom stereocenters. The van der Waals surface area contributed by atoms with Gasteiger partial charge in [-0.3, -0.25) is 4.90 Å². The summed E-state index contributed by atoms with van der Waals surface area (Å²) in [6, 6.07) is 3.65. The quantitative estimate of drug-likeness (QED) is 0.432. The van der Waals surface area contributed by atoms with Gasteiger partial charge in [-0.15, -0.1) is 0 Å². The van der Waals surface area contributed by atoms with Crippen molar-refractivity contribution in [3.63, 3.8) is 0 Å². The molecule has 0 aromatic carbocycles. The van der Waals surface area contributed by atoms with Crippen LogP contribution in [0.1, 0.15) is 82.5 Å². The third-order valence-electron chi connectivity index (χ3n) is 8.27. The number of hydrogen-bond acceptors (Lipinski definition) is 8. The molecule has 0 spiro atoms. The Kier molecular flexibility index (Phi) is 9.11. The van der Waals surface area contributed by atoms with Crippen LogP contribution in [0.25, 0.3) is 0 Å². The van der Waals surface area contributed by atoms with E-state index in [2.05, 4.69) is 21.4 Å². The highest BCUT2D eigenvalue weighted by Crippen LogP contribution is 2.50. The summed E-state index contributed by atoms with van der Waals surface area (Å²) in [7, 11) is 5.38. The molecule has 2 fully saturated rings. The van der Waals surface area contributed by atoms with Crippen LogP contribution in [0.5, 0.6) is 5.88 Å². The van der Waals surface area contributed by atoms with Crippen molar-refractivity contribution in [1.82, 2.24) is 20.2 Å². The summed E-state index contributed by atoms with van der Waals surface area (Å²) in [6.45, 7) is 9.98. The fourth-order valence-electron chi connectivity index (χ4n) is 6.30.